The summed E-state index contributed by atoms with van der Waals surface area (Å²) < 4.78 is 24.1. The highest BCUT2D eigenvalue weighted by Gasteiger charge is 2.44. The third-order valence-corrected chi connectivity index (χ3v) is 4.94. The molecule has 0 fully saturated rings. The van der Waals surface area contributed by atoms with Gasteiger partial charge < -0.3 is 9.47 Å². The Kier molecular flexibility index (Phi) is 7.53. The zero-order valence-electron chi connectivity index (χ0n) is 15.8. The van der Waals surface area contributed by atoms with E-state index in [-0.39, 0.29) is 24.5 Å². The normalized spacial score (nSPS) is 19.5. The fourth-order valence-corrected chi connectivity index (χ4v) is 3.77. The van der Waals surface area contributed by atoms with Gasteiger partial charge in [0.2, 0.25) is 0 Å². The van der Waals surface area contributed by atoms with Crippen molar-refractivity contribution < 1.29 is 23.5 Å². The number of aliphatic imine (C=N–C) groups is 1. The Morgan fingerprint density at radius 1 is 1.26 bits per heavy atom. The summed E-state index contributed by atoms with van der Waals surface area (Å²) in [6.07, 6.45) is 3.47. The van der Waals surface area contributed by atoms with E-state index in [1.165, 1.54) is 11.8 Å². The third-order valence-electron chi connectivity index (χ3n) is 4.21. The molecule has 0 aliphatic carbocycles. The van der Waals surface area contributed by atoms with Gasteiger partial charge in [0.25, 0.3) is 0 Å². The van der Waals surface area contributed by atoms with Crippen LogP contribution in [-0.4, -0.2) is 48.8 Å². The van der Waals surface area contributed by atoms with Crippen molar-refractivity contribution in [3.63, 3.8) is 0 Å². The summed E-state index contributed by atoms with van der Waals surface area (Å²) in [7, 11) is 0. The number of allylic oxidation sites excluding steroid dienone is 1. The van der Waals surface area contributed by atoms with E-state index in [4.69, 9.17) is 9.47 Å². The first kappa shape index (κ1) is 21.1. The summed E-state index contributed by atoms with van der Waals surface area (Å²) in [4.78, 5) is 33.9. The van der Waals surface area contributed by atoms with Crippen LogP contribution in [-0.2, 0) is 19.1 Å². The van der Waals surface area contributed by atoms with E-state index < -0.39 is 30.4 Å². The molecular formula is C19H23FN2O4S. The van der Waals surface area contributed by atoms with Crippen molar-refractivity contribution in [3.05, 3.63) is 35.2 Å². The van der Waals surface area contributed by atoms with Crippen molar-refractivity contribution in [2.45, 2.75) is 31.7 Å². The predicted octanol–water partition coefficient (Wildman–Crippen LogP) is 3.33. The maximum atomic E-state index is 13.7. The smallest absolute Gasteiger partial charge is 0.336 e. The van der Waals surface area contributed by atoms with E-state index in [1.807, 2.05) is 6.26 Å². The second kappa shape index (κ2) is 9.64. The van der Waals surface area contributed by atoms with Gasteiger partial charge in [0.15, 0.2) is 0 Å². The van der Waals surface area contributed by atoms with Gasteiger partial charge in [0, 0.05) is 17.8 Å². The van der Waals surface area contributed by atoms with Crippen molar-refractivity contribution in [1.82, 2.24) is 4.98 Å². The van der Waals surface area contributed by atoms with Crippen molar-refractivity contribution >= 4 is 29.4 Å². The number of carbonyl (C=O) groups excluding carboxylic acids is 2. The van der Waals surface area contributed by atoms with E-state index in [0.717, 1.165) is 0 Å². The van der Waals surface area contributed by atoms with Crippen LogP contribution in [0.25, 0.3) is 0 Å². The van der Waals surface area contributed by atoms with Gasteiger partial charge in [0.1, 0.15) is 12.6 Å². The minimum Gasteiger partial charge on any atom is -0.465 e. The molecule has 8 heteroatoms. The number of thioether (sulfide) groups is 1. The number of esters is 2. The maximum absolute atomic E-state index is 13.7. The van der Waals surface area contributed by atoms with Crippen LogP contribution in [0.1, 0.15) is 32.3 Å². The predicted molar refractivity (Wildman–Crippen MR) is 102 cm³/mol. The van der Waals surface area contributed by atoms with E-state index in [9.17, 15) is 14.0 Å². The van der Waals surface area contributed by atoms with Crippen LogP contribution in [0, 0.1) is 5.92 Å². The molecule has 27 heavy (non-hydrogen) atoms. The highest BCUT2D eigenvalue weighted by molar-refractivity contribution is 7.98. The van der Waals surface area contributed by atoms with E-state index in [2.05, 4.69) is 9.98 Å². The number of hydrogen-bond acceptors (Lipinski definition) is 7. The van der Waals surface area contributed by atoms with Crippen molar-refractivity contribution in [2.75, 3.05) is 26.1 Å². The Bertz CT molecular complexity index is 779. The first-order chi connectivity index (χ1) is 13.0. The number of pyridine rings is 1. The van der Waals surface area contributed by atoms with Gasteiger partial charge in [-0.15, -0.1) is 11.8 Å². The van der Waals surface area contributed by atoms with Crippen LogP contribution in [0.2, 0.25) is 0 Å². The van der Waals surface area contributed by atoms with Crippen LogP contribution in [0.3, 0.4) is 0 Å². The molecule has 0 saturated heterocycles. The largest absolute Gasteiger partial charge is 0.465 e. The van der Waals surface area contributed by atoms with Crippen molar-refractivity contribution in [1.29, 1.82) is 0 Å². The minimum absolute atomic E-state index is 0.0209. The van der Waals surface area contributed by atoms with E-state index >= 15 is 0 Å². The Morgan fingerprint density at radius 3 is 2.56 bits per heavy atom. The zero-order chi connectivity index (χ0) is 20.0. The third kappa shape index (κ3) is 4.37. The molecular weight excluding hydrogens is 371 g/mol. The maximum Gasteiger partial charge on any atom is 0.336 e. The van der Waals surface area contributed by atoms with E-state index in [1.54, 1.807) is 39.1 Å². The lowest BCUT2D eigenvalue weighted by atomic mass is 9.76. The van der Waals surface area contributed by atoms with Gasteiger partial charge >= 0.3 is 11.9 Å². The molecule has 0 amide bonds. The van der Waals surface area contributed by atoms with Crippen molar-refractivity contribution in [3.8, 4) is 0 Å². The first-order valence-electron chi connectivity index (χ1n) is 8.66. The van der Waals surface area contributed by atoms with Crippen LogP contribution in [0.5, 0.6) is 0 Å². The number of carbonyl (C=O) groups is 2. The molecule has 0 bridgehead atoms. The van der Waals surface area contributed by atoms with Gasteiger partial charge in [-0.3, -0.25) is 9.79 Å². The minimum atomic E-state index is -0.938. The summed E-state index contributed by atoms with van der Waals surface area (Å²) in [5.74, 6) is -2.83. The Balaban J connectivity index is 2.73. The molecule has 2 atom stereocenters. The second-order valence-electron chi connectivity index (χ2n) is 5.78. The molecule has 0 radical (unpaired) electrons. The van der Waals surface area contributed by atoms with Gasteiger partial charge in [-0.1, -0.05) is 6.07 Å². The Morgan fingerprint density at radius 2 is 1.96 bits per heavy atom. The van der Waals surface area contributed by atoms with Crippen LogP contribution in [0.4, 0.5) is 4.39 Å². The molecule has 2 unspecified atom stereocenters. The number of aromatic nitrogens is 1. The van der Waals surface area contributed by atoms with E-state index in [0.29, 0.717) is 16.3 Å². The average Bonchev–Trinajstić information content (AvgIpc) is 2.67. The number of ether oxygens (including phenoxy) is 2. The quantitative estimate of drug-likeness (QED) is 0.521. The van der Waals surface area contributed by atoms with Gasteiger partial charge in [-0.2, -0.15) is 0 Å². The first-order valence-corrected chi connectivity index (χ1v) is 9.89. The lowest BCUT2D eigenvalue weighted by Gasteiger charge is -2.32. The van der Waals surface area contributed by atoms with Gasteiger partial charge in [-0.25, -0.2) is 14.2 Å². The van der Waals surface area contributed by atoms with Crippen LogP contribution >= 0.6 is 11.8 Å². The molecule has 1 aromatic heterocycles. The summed E-state index contributed by atoms with van der Waals surface area (Å²) in [5.41, 5.74) is 1.07. The fourth-order valence-electron chi connectivity index (χ4n) is 3.17. The fraction of sp³-hybridized carbons (Fsp3) is 0.474. The molecule has 2 rings (SSSR count). The van der Waals surface area contributed by atoms with Gasteiger partial charge in [-0.05, 0) is 38.7 Å². The molecule has 0 spiro atoms. The summed E-state index contributed by atoms with van der Waals surface area (Å²) >= 11 is 1.38. The number of halogens is 1. The topological polar surface area (TPSA) is 77.8 Å². The SMILES string of the molecule is CCOC(=O)C1=C(CF)N=C(C)C(C(=O)OCC)C1c1cccnc1SC. The number of alkyl halides is 1. The lowest BCUT2D eigenvalue weighted by molar-refractivity contribution is -0.146. The Hall–Kier alpha value is -2.22. The molecule has 0 N–H and O–H groups in total. The molecule has 0 saturated carbocycles. The molecule has 1 aromatic rings. The molecule has 146 valence electrons. The standard InChI is InChI=1S/C19H23FN2O4S/c1-5-25-18(23)14-11(3)22-13(10-20)16(19(24)26-6-2)15(14)12-8-7-9-21-17(12)27-4/h7-9,14-15H,5-6,10H2,1-4H3. The van der Waals surface area contributed by atoms with Crippen LogP contribution < -0.4 is 0 Å². The summed E-state index contributed by atoms with van der Waals surface area (Å²) in [6.45, 7) is 4.39. The second-order valence-corrected chi connectivity index (χ2v) is 6.57. The average molecular weight is 394 g/mol. The molecule has 6 nitrogen and oxygen atoms in total. The summed E-state index contributed by atoms with van der Waals surface area (Å²) in [6, 6.07) is 3.50. The van der Waals surface area contributed by atoms with Gasteiger partial charge in [0.05, 0.1) is 29.5 Å². The monoisotopic (exact) mass is 394 g/mol. The molecule has 1 aliphatic rings. The summed E-state index contributed by atoms with van der Waals surface area (Å²) in [5, 5.41) is 0.645. The lowest BCUT2D eigenvalue weighted by Crippen LogP contribution is -2.37. The highest BCUT2D eigenvalue weighted by atomic mass is 32.2. The number of nitrogens with zero attached hydrogens (tertiary/aromatic N) is 2. The molecule has 2 heterocycles. The zero-order valence-corrected chi connectivity index (χ0v) is 16.6. The molecule has 1 aliphatic heterocycles. The molecule has 0 aromatic carbocycles. The number of rotatable bonds is 7. The highest BCUT2D eigenvalue weighted by Crippen LogP contribution is 2.42. The van der Waals surface area contributed by atoms with Crippen LogP contribution in [0.15, 0.2) is 39.6 Å². The number of hydrogen-bond donors (Lipinski definition) is 0. The Labute approximate surface area is 162 Å². The van der Waals surface area contributed by atoms with Crippen molar-refractivity contribution in [2.24, 2.45) is 10.9 Å².